The summed E-state index contributed by atoms with van der Waals surface area (Å²) in [6.45, 7) is 0. The molecule has 114 valence electrons. The average molecular weight is 304 g/mol. The average Bonchev–Trinajstić information content (AvgIpc) is 2.56. The van der Waals surface area contributed by atoms with Crippen molar-refractivity contribution < 1.29 is 15.0 Å². The van der Waals surface area contributed by atoms with E-state index in [0.717, 1.165) is 16.7 Å². The molecule has 0 aliphatic rings. The van der Waals surface area contributed by atoms with Crippen LogP contribution in [0.2, 0.25) is 0 Å². The van der Waals surface area contributed by atoms with Crippen LogP contribution >= 0.6 is 0 Å². The van der Waals surface area contributed by atoms with Crippen molar-refractivity contribution >= 4 is 5.78 Å². The Hall–Kier alpha value is -3.07. The summed E-state index contributed by atoms with van der Waals surface area (Å²) in [6.07, 6.45) is 0.202. The summed E-state index contributed by atoms with van der Waals surface area (Å²) in [7, 11) is 0. The molecule has 3 aromatic carbocycles. The van der Waals surface area contributed by atoms with Crippen molar-refractivity contribution in [2.24, 2.45) is 0 Å². The van der Waals surface area contributed by atoms with Crippen LogP contribution in [0.3, 0.4) is 0 Å². The highest BCUT2D eigenvalue weighted by molar-refractivity contribution is 6.00. The first kappa shape index (κ1) is 14.9. The molecule has 0 fully saturated rings. The molecule has 0 saturated carbocycles. The van der Waals surface area contributed by atoms with Gasteiger partial charge in [-0.05, 0) is 28.8 Å². The van der Waals surface area contributed by atoms with E-state index in [-0.39, 0.29) is 29.3 Å². The highest BCUT2D eigenvalue weighted by atomic mass is 16.3. The van der Waals surface area contributed by atoms with E-state index in [4.69, 9.17) is 0 Å². The zero-order valence-corrected chi connectivity index (χ0v) is 12.4. The maximum atomic E-state index is 12.3. The SMILES string of the molecule is O=C(Cc1ccc(-c2ccccc2)cc1)c1ccc(O)cc1O. The molecule has 3 nitrogen and oxygen atoms in total. The molecule has 0 amide bonds. The van der Waals surface area contributed by atoms with Crippen molar-refractivity contribution in [2.45, 2.75) is 6.42 Å². The molecule has 23 heavy (non-hydrogen) atoms. The quantitative estimate of drug-likeness (QED) is 0.711. The van der Waals surface area contributed by atoms with Crippen LogP contribution in [0.4, 0.5) is 0 Å². The molecule has 0 bridgehead atoms. The van der Waals surface area contributed by atoms with Gasteiger partial charge in [0.05, 0.1) is 5.56 Å². The number of carbonyl (C=O) groups is 1. The smallest absolute Gasteiger partial charge is 0.170 e. The van der Waals surface area contributed by atoms with Crippen molar-refractivity contribution in [2.75, 3.05) is 0 Å². The molecule has 2 N–H and O–H groups in total. The molecule has 3 heteroatoms. The van der Waals surface area contributed by atoms with E-state index in [9.17, 15) is 15.0 Å². The van der Waals surface area contributed by atoms with E-state index in [1.54, 1.807) is 0 Å². The van der Waals surface area contributed by atoms with Crippen LogP contribution < -0.4 is 0 Å². The lowest BCUT2D eigenvalue weighted by Gasteiger charge is -2.06. The first-order valence-electron chi connectivity index (χ1n) is 7.33. The van der Waals surface area contributed by atoms with Crippen molar-refractivity contribution in [3.8, 4) is 22.6 Å². The topological polar surface area (TPSA) is 57.5 Å². The van der Waals surface area contributed by atoms with Gasteiger partial charge in [0.15, 0.2) is 5.78 Å². The first-order chi connectivity index (χ1) is 11.1. The van der Waals surface area contributed by atoms with E-state index in [1.165, 1.54) is 18.2 Å². The molecule has 0 radical (unpaired) electrons. The number of benzene rings is 3. The minimum Gasteiger partial charge on any atom is -0.508 e. The molecular formula is C20H16O3. The van der Waals surface area contributed by atoms with E-state index in [1.807, 2.05) is 54.6 Å². The van der Waals surface area contributed by atoms with Gasteiger partial charge < -0.3 is 10.2 Å². The first-order valence-corrected chi connectivity index (χ1v) is 7.33. The van der Waals surface area contributed by atoms with Crippen LogP contribution in [-0.2, 0) is 6.42 Å². The van der Waals surface area contributed by atoms with Gasteiger partial charge in [-0.1, -0.05) is 54.6 Å². The number of hydrogen-bond acceptors (Lipinski definition) is 3. The fourth-order valence-electron chi connectivity index (χ4n) is 2.48. The van der Waals surface area contributed by atoms with Crippen LogP contribution in [-0.4, -0.2) is 16.0 Å². The van der Waals surface area contributed by atoms with Crippen molar-refractivity contribution in [3.63, 3.8) is 0 Å². The molecule has 0 spiro atoms. The summed E-state index contributed by atoms with van der Waals surface area (Å²) < 4.78 is 0. The van der Waals surface area contributed by atoms with Gasteiger partial charge in [0.25, 0.3) is 0 Å². The zero-order valence-electron chi connectivity index (χ0n) is 12.4. The van der Waals surface area contributed by atoms with Gasteiger partial charge in [-0.25, -0.2) is 0 Å². The second-order valence-electron chi connectivity index (χ2n) is 5.36. The van der Waals surface area contributed by atoms with E-state index in [2.05, 4.69) is 0 Å². The molecular weight excluding hydrogens is 288 g/mol. The Balaban J connectivity index is 1.77. The van der Waals surface area contributed by atoms with Gasteiger partial charge in [-0.2, -0.15) is 0 Å². The fourth-order valence-corrected chi connectivity index (χ4v) is 2.48. The number of carbonyl (C=O) groups excluding carboxylic acids is 1. The molecule has 3 rings (SSSR count). The third kappa shape index (κ3) is 3.40. The predicted octanol–water partition coefficient (Wildman–Crippen LogP) is 4.19. The van der Waals surface area contributed by atoms with Gasteiger partial charge >= 0.3 is 0 Å². The Labute approximate surface area is 134 Å². The lowest BCUT2D eigenvalue weighted by atomic mass is 9.99. The number of phenolic OH excluding ortho intramolecular Hbond substituents is 2. The van der Waals surface area contributed by atoms with Gasteiger partial charge in [0, 0.05) is 12.5 Å². The number of hydrogen-bond donors (Lipinski definition) is 2. The van der Waals surface area contributed by atoms with Crippen LogP contribution in [0.15, 0.2) is 72.8 Å². The maximum absolute atomic E-state index is 12.3. The Morgan fingerprint density at radius 1 is 0.783 bits per heavy atom. The monoisotopic (exact) mass is 304 g/mol. The standard InChI is InChI=1S/C20H16O3/c21-17-10-11-18(20(23)13-17)19(22)12-14-6-8-16(9-7-14)15-4-2-1-3-5-15/h1-11,13,21,23H,12H2. The third-order valence-electron chi connectivity index (χ3n) is 3.71. The summed E-state index contributed by atoms with van der Waals surface area (Å²) in [5.41, 5.74) is 3.31. The van der Waals surface area contributed by atoms with Gasteiger partial charge in [-0.15, -0.1) is 0 Å². The second kappa shape index (κ2) is 6.36. The molecule has 0 heterocycles. The molecule has 0 unspecified atom stereocenters. The van der Waals surface area contributed by atoms with Crippen molar-refractivity contribution in [1.82, 2.24) is 0 Å². The van der Waals surface area contributed by atoms with E-state index >= 15 is 0 Å². The Morgan fingerprint density at radius 2 is 1.43 bits per heavy atom. The fraction of sp³-hybridized carbons (Fsp3) is 0.0500. The number of phenols is 2. The minimum absolute atomic E-state index is 0.0636. The summed E-state index contributed by atoms with van der Waals surface area (Å²) in [6, 6.07) is 21.8. The summed E-state index contributed by atoms with van der Waals surface area (Å²) >= 11 is 0. The van der Waals surface area contributed by atoms with Gasteiger partial charge in [0.2, 0.25) is 0 Å². The normalized spacial score (nSPS) is 10.4. The minimum atomic E-state index is -0.198. The molecule has 0 saturated heterocycles. The Morgan fingerprint density at radius 3 is 2.09 bits per heavy atom. The molecule has 3 aromatic rings. The molecule has 0 aliphatic heterocycles. The third-order valence-corrected chi connectivity index (χ3v) is 3.71. The maximum Gasteiger partial charge on any atom is 0.170 e. The highest BCUT2D eigenvalue weighted by Crippen LogP contribution is 2.25. The summed E-state index contributed by atoms with van der Waals surface area (Å²) in [4.78, 5) is 12.3. The van der Waals surface area contributed by atoms with E-state index < -0.39 is 0 Å². The van der Waals surface area contributed by atoms with Crippen molar-refractivity contribution in [1.29, 1.82) is 0 Å². The van der Waals surface area contributed by atoms with Crippen LogP contribution in [0.5, 0.6) is 11.5 Å². The van der Waals surface area contributed by atoms with Gasteiger partial charge in [0.1, 0.15) is 11.5 Å². The Kier molecular flexibility index (Phi) is 4.11. The summed E-state index contributed by atoms with van der Waals surface area (Å²) in [5.74, 6) is -0.447. The van der Waals surface area contributed by atoms with E-state index in [0.29, 0.717) is 0 Å². The molecule has 0 aliphatic carbocycles. The van der Waals surface area contributed by atoms with Crippen molar-refractivity contribution in [3.05, 3.63) is 83.9 Å². The van der Waals surface area contributed by atoms with Crippen LogP contribution in [0, 0.1) is 0 Å². The number of ketones is 1. The lowest BCUT2D eigenvalue weighted by Crippen LogP contribution is -2.03. The largest absolute Gasteiger partial charge is 0.508 e. The predicted molar refractivity (Wildman–Crippen MR) is 89.7 cm³/mol. The second-order valence-corrected chi connectivity index (χ2v) is 5.36. The molecule has 0 aromatic heterocycles. The number of rotatable bonds is 4. The summed E-state index contributed by atoms with van der Waals surface area (Å²) in [5, 5.41) is 19.0. The number of aromatic hydroxyl groups is 2. The lowest BCUT2D eigenvalue weighted by molar-refractivity contribution is 0.0990. The Bertz CT molecular complexity index is 821. The van der Waals surface area contributed by atoms with Crippen LogP contribution in [0.1, 0.15) is 15.9 Å². The zero-order chi connectivity index (χ0) is 16.2. The van der Waals surface area contributed by atoms with Gasteiger partial charge in [-0.3, -0.25) is 4.79 Å². The highest BCUT2D eigenvalue weighted by Gasteiger charge is 2.12. The molecule has 0 atom stereocenters. The number of Topliss-reactive ketones (excluding diaryl/α,β-unsaturated/α-hetero) is 1. The van der Waals surface area contributed by atoms with Crippen LogP contribution in [0.25, 0.3) is 11.1 Å².